The van der Waals surface area contributed by atoms with Crippen molar-refractivity contribution >= 4 is 11.9 Å². The molecule has 0 aromatic carbocycles. The van der Waals surface area contributed by atoms with Gasteiger partial charge in [0.2, 0.25) is 5.91 Å². The number of esters is 1. The second kappa shape index (κ2) is 6.92. The lowest BCUT2D eigenvalue weighted by molar-refractivity contribution is -0.148. The van der Waals surface area contributed by atoms with Crippen LogP contribution in [0.25, 0.3) is 0 Å². The van der Waals surface area contributed by atoms with Crippen LogP contribution in [-0.2, 0) is 20.7 Å². The number of amides is 1. The molecule has 0 saturated carbocycles. The molecule has 0 saturated heterocycles. The van der Waals surface area contributed by atoms with Crippen LogP contribution < -0.4 is 5.32 Å². The highest BCUT2D eigenvalue weighted by Crippen LogP contribution is 2.03. The maximum absolute atomic E-state index is 11.7. The van der Waals surface area contributed by atoms with Crippen LogP contribution in [0.1, 0.15) is 32.2 Å². The van der Waals surface area contributed by atoms with Gasteiger partial charge >= 0.3 is 5.97 Å². The van der Waals surface area contributed by atoms with Crippen molar-refractivity contribution in [3.05, 3.63) is 17.5 Å². The third kappa shape index (κ3) is 5.54. The number of nitrogens with zero attached hydrogens (tertiary/aromatic N) is 1. The van der Waals surface area contributed by atoms with Crippen molar-refractivity contribution in [2.75, 3.05) is 6.61 Å². The highest BCUT2D eigenvalue weighted by Gasteiger charge is 2.18. The Kier molecular flexibility index (Phi) is 5.54. The Hall–Kier alpha value is -1.85. The van der Waals surface area contributed by atoms with Crippen molar-refractivity contribution in [2.45, 2.75) is 40.2 Å². The highest BCUT2D eigenvalue weighted by molar-refractivity contribution is 5.85. The molecule has 1 unspecified atom stereocenters. The summed E-state index contributed by atoms with van der Waals surface area (Å²) in [4.78, 5) is 23.2. The fourth-order valence-electron chi connectivity index (χ4n) is 1.38. The smallest absolute Gasteiger partial charge is 0.328 e. The lowest BCUT2D eigenvalue weighted by Crippen LogP contribution is -2.40. The molecule has 1 heterocycles. The molecule has 1 rings (SSSR count). The van der Waals surface area contributed by atoms with E-state index < -0.39 is 12.0 Å². The molecule has 0 fully saturated rings. The number of nitrogens with one attached hydrogen (secondary N) is 1. The summed E-state index contributed by atoms with van der Waals surface area (Å²) in [5.74, 6) is 0.00251. The van der Waals surface area contributed by atoms with E-state index in [2.05, 4.69) is 10.5 Å². The van der Waals surface area contributed by atoms with Gasteiger partial charge in [0.05, 0.1) is 18.7 Å². The molecule has 1 amide bonds. The summed E-state index contributed by atoms with van der Waals surface area (Å²) >= 11 is 0. The van der Waals surface area contributed by atoms with E-state index in [0.717, 1.165) is 0 Å². The number of aryl methyl sites for hydroxylation is 1. The van der Waals surface area contributed by atoms with Crippen molar-refractivity contribution in [3.8, 4) is 0 Å². The molecule has 19 heavy (non-hydrogen) atoms. The summed E-state index contributed by atoms with van der Waals surface area (Å²) in [5.41, 5.74) is 0.715. The maximum atomic E-state index is 11.7. The first kappa shape index (κ1) is 15.2. The van der Waals surface area contributed by atoms with Crippen LogP contribution >= 0.6 is 0 Å². The molecule has 1 atom stereocenters. The van der Waals surface area contributed by atoms with Crippen LogP contribution in [0.3, 0.4) is 0 Å². The number of hydrogen-bond donors (Lipinski definition) is 1. The van der Waals surface area contributed by atoms with Crippen molar-refractivity contribution in [3.63, 3.8) is 0 Å². The molecule has 0 aliphatic carbocycles. The van der Waals surface area contributed by atoms with Gasteiger partial charge in [-0.25, -0.2) is 4.79 Å². The normalized spacial score (nSPS) is 12.3. The molecule has 1 N–H and O–H groups in total. The Labute approximate surface area is 112 Å². The zero-order valence-corrected chi connectivity index (χ0v) is 11.7. The van der Waals surface area contributed by atoms with Crippen LogP contribution in [0.5, 0.6) is 0 Å². The zero-order valence-electron chi connectivity index (χ0n) is 11.7. The highest BCUT2D eigenvalue weighted by atomic mass is 16.5. The fourth-order valence-corrected chi connectivity index (χ4v) is 1.38. The number of carbonyl (C=O) groups excluding carboxylic acids is 2. The molecule has 6 nitrogen and oxygen atoms in total. The Morgan fingerprint density at radius 2 is 2.11 bits per heavy atom. The van der Waals surface area contributed by atoms with E-state index in [4.69, 9.17) is 9.26 Å². The second-order valence-electron chi connectivity index (χ2n) is 4.92. The molecule has 0 bridgehead atoms. The predicted molar refractivity (Wildman–Crippen MR) is 68.3 cm³/mol. The number of hydrogen-bond acceptors (Lipinski definition) is 5. The summed E-state index contributed by atoms with van der Waals surface area (Å²) in [5, 5.41) is 6.25. The number of rotatable bonds is 6. The van der Waals surface area contributed by atoms with Crippen molar-refractivity contribution in [1.82, 2.24) is 10.5 Å². The average Bonchev–Trinajstić information content (AvgIpc) is 2.71. The Balaban J connectivity index is 2.37. The van der Waals surface area contributed by atoms with E-state index >= 15 is 0 Å². The van der Waals surface area contributed by atoms with Gasteiger partial charge in [0.1, 0.15) is 11.8 Å². The fraction of sp³-hybridized carbons (Fsp3) is 0.615. The molecular weight excluding hydrogens is 248 g/mol. The first-order valence-electron chi connectivity index (χ1n) is 6.26. The van der Waals surface area contributed by atoms with Crippen molar-refractivity contribution in [1.29, 1.82) is 0 Å². The van der Waals surface area contributed by atoms with Gasteiger partial charge in [-0.2, -0.15) is 0 Å². The lowest BCUT2D eigenvalue weighted by atomic mass is 10.2. The first-order chi connectivity index (χ1) is 8.88. The van der Waals surface area contributed by atoms with Gasteiger partial charge in [0.15, 0.2) is 0 Å². The van der Waals surface area contributed by atoms with E-state index in [1.807, 2.05) is 13.8 Å². The molecular formula is C13H20N2O4. The molecule has 0 aliphatic rings. The standard InChI is InChI=1S/C13H20N2O4/c1-8(2)7-18-13(17)10(4)14-12(16)6-11-5-9(3)15-19-11/h5,8,10H,6-7H2,1-4H3,(H,14,16). The minimum Gasteiger partial charge on any atom is -0.464 e. The number of ether oxygens (including phenoxy) is 1. The van der Waals surface area contributed by atoms with Gasteiger partial charge in [0.25, 0.3) is 0 Å². The minimum absolute atomic E-state index is 0.0582. The van der Waals surface area contributed by atoms with Crippen LogP contribution in [0.4, 0.5) is 0 Å². The first-order valence-corrected chi connectivity index (χ1v) is 6.26. The van der Waals surface area contributed by atoms with Gasteiger partial charge in [0, 0.05) is 6.07 Å². The topological polar surface area (TPSA) is 81.4 Å². The average molecular weight is 268 g/mol. The molecule has 0 spiro atoms. The Morgan fingerprint density at radius 3 is 2.63 bits per heavy atom. The van der Waals surface area contributed by atoms with Crippen LogP contribution in [0.2, 0.25) is 0 Å². The van der Waals surface area contributed by atoms with E-state index in [1.165, 1.54) is 0 Å². The minimum atomic E-state index is -0.671. The monoisotopic (exact) mass is 268 g/mol. The van der Waals surface area contributed by atoms with E-state index in [-0.39, 0.29) is 18.2 Å². The van der Waals surface area contributed by atoms with E-state index in [0.29, 0.717) is 18.1 Å². The third-order valence-electron chi connectivity index (χ3n) is 2.30. The van der Waals surface area contributed by atoms with Crippen molar-refractivity contribution in [2.24, 2.45) is 5.92 Å². The lowest BCUT2D eigenvalue weighted by Gasteiger charge is -2.14. The number of carbonyl (C=O) groups is 2. The van der Waals surface area contributed by atoms with Crippen LogP contribution in [0.15, 0.2) is 10.6 Å². The zero-order chi connectivity index (χ0) is 14.4. The summed E-state index contributed by atoms with van der Waals surface area (Å²) in [7, 11) is 0. The van der Waals surface area contributed by atoms with Gasteiger partial charge in [-0.15, -0.1) is 0 Å². The van der Waals surface area contributed by atoms with E-state index in [1.54, 1.807) is 19.9 Å². The summed E-state index contributed by atoms with van der Waals surface area (Å²) in [6.07, 6.45) is 0.0582. The quantitative estimate of drug-likeness (QED) is 0.785. The summed E-state index contributed by atoms with van der Waals surface area (Å²) in [6.45, 7) is 7.61. The summed E-state index contributed by atoms with van der Waals surface area (Å²) in [6, 6.07) is 1.01. The number of aromatic nitrogens is 1. The van der Waals surface area contributed by atoms with Gasteiger partial charge < -0.3 is 14.6 Å². The van der Waals surface area contributed by atoms with Gasteiger partial charge in [-0.1, -0.05) is 19.0 Å². The summed E-state index contributed by atoms with van der Waals surface area (Å²) < 4.78 is 9.96. The van der Waals surface area contributed by atoms with Gasteiger partial charge in [-0.3, -0.25) is 4.79 Å². The van der Waals surface area contributed by atoms with Crippen molar-refractivity contribution < 1.29 is 18.8 Å². The van der Waals surface area contributed by atoms with Crippen LogP contribution in [0, 0.1) is 12.8 Å². The Bertz CT molecular complexity index is 440. The SMILES string of the molecule is Cc1cc(CC(=O)NC(C)C(=O)OCC(C)C)on1. The predicted octanol–water partition coefficient (Wildman–Crippen LogP) is 1.23. The molecule has 0 aliphatic heterocycles. The molecule has 1 aromatic rings. The third-order valence-corrected chi connectivity index (χ3v) is 2.30. The molecule has 106 valence electrons. The van der Waals surface area contributed by atoms with Gasteiger partial charge in [-0.05, 0) is 19.8 Å². The maximum Gasteiger partial charge on any atom is 0.328 e. The largest absolute Gasteiger partial charge is 0.464 e. The molecule has 1 aromatic heterocycles. The van der Waals surface area contributed by atoms with E-state index in [9.17, 15) is 9.59 Å². The van der Waals surface area contributed by atoms with Crippen LogP contribution in [-0.4, -0.2) is 29.7 Å². The molecule has 6 heteroatoms. The molecule has 0 radical (unpaired) electrons. The Morgan fingerprint density at radius 1 is 1.42 bits per heavy atom. The second-order valence-corrected chi connectivity index (χ2v) is 4.92.